The third-order valence-corrected chi connectivity index (χ3v) is 4.94. The number of rotatable bonds is 6. The van der Waals surface area contributed by atoms with E-state index in [0.717, 1.165) is 16.7 Å². The molecular weight excluding hydrogens is 386 g/mol. The summed E-state index contributed by atoms with van der Waals surface area (Å²) in [6, 6.07) is 13.1. The van der Waals surface area contributed by atoms with Crippen LogP contribution in [0.2, 0.25) is 0 Å². The summed E-state index contributed by atoms with van der Waals surface area (Å²) < 4.78 is 21.9. The maximum atomic E-state index is 12.3. The van der Waals surface area contributed by atoms with Gasteiger partial charge in [-0.25, -0.2) is 0 Å². The van der Waals surface area contributed by atoms with Crippen LogP contribution in [-0.4, -0.2) is 61.0 Å². The van der Waals surface area contributed by atoms with Gasteiger partial charge in [-0.15, -0.1) is 0 Å². The van der Waals surface area contributed by atoms with Crippen molar-refractivity contribution in [2.24, 2.45) is 0 Å². The summed E-state index contributed by atoms with van der Waals surface area (Å²) in [5.74, 6) is 1.79. The monoisotopic (exact) mass is 409 g/mol. The Balaban J connectivity index is 1.48. The minimum Gasteiger partial charge on any atom is -0.493 e. The number of aryl methyl sites for hydroxylation is 1. The van der Waals surface area contributed by atoms with Gasteiger partial charge in [-0.05, 0) is 36.8 Å². The first kappa shape index (κ1) is 19.9. The van der Waals surface area contributed by atoms with Crippen molar-refractivity contribution in [2.45, 2.75) is 6.92 Å². The number of methoxy groups -OCH3 is 1. The van der Waals surface area contributed by atoms with Crippen molar-refractivity contribution in [2.75, 3.05) is 40.0 Å². The lowest BCUT2D eigenvalue weighted by atomic mass is 10.1. The topological polar surface area (TPSA) is 86.9 Å². The minimum absolute atomic E-state index is 0.0602. The number of amides is 1. The van der Waals surface area contributed by atoms with Crippen LogP contribution in [0.3, 0.4) is 0 Å². The molecule has 0 atom stereocenters. The van der Waals surface area contributed by atoms with Crippen molar-refractivity contribution in [1.29, 1.82) is 0 Å². The highest BCUT2D eigenvalue weighted by Gasteiger charge is 2.19. The van der Waals surface area contributed by atoms with Gasteiger partial charge in [-0.3, -0.25) is 4.79 Å². The summed E-state index contributed by atoms with van der Waals surface area (Å²) in [5.41, 5.74) is 2.67. The van der Waals surface area contributed by atoms with E-state index in [0.29, 0.717) is 49.5 Å². The van der Waals surface area contributed by atoms with E-state index < -0.39 is 0 Å². The molecule has 8 nitrogen and oxygen atoms in total. The maximum absolute atomic E-state index is 12.3. The molecule has 0 aliphatic carbocycles. The fourth-order valence-electron chi connectivity index (χ4n) is 3.23. The van der Waals surface area contributed by atoms with E-state index in [1.807, 2.05) is 37.3 Å². The molecule has 1 fully saturated rings. The number of carbonyl (C=O) groups is 1. The number of morpholine rings is 1. The van der Waals surface area contributed by atoms with Crippen LogP contribution in [0.25, 0.3) is 22.8 Å². The molecule has 4 rings (SSSR count). The molecule has 3 aromatic rings. The van der Waals surface area contributed by atoms with Gasteiger partial charge in [0.15, 0.2) is 18.1 Å². The zero-order chi connectivity index (χ0) is 20.9. The van der Waals surface area contributed by atoms with Crippen LogP contribution < -0.4 is 9.47 Å². The van der Waals surface area contributed by atoms with Gasteiger partial charge in [0.05, 0.1) is 20.3 Å². The third-order valence-electron chi connectivity index (χ3n) is 4.94. The Bertz CT molecular complexity index is 1030. The average Bonchev–Trinajstić information content (AvgIpc) is 3.28. The smallest absolute Gasteiger partial charge is 0.260 e. The number of hydrogen-bond acceptors (Lipinski definition) is 7. The zero-order valence-corrected chi connectivity index (χ0v) is 17.0. The summed E-state index contributed by atoms with van der Waals surface area (Å²) in [7, 11) is 1.55. The number of aromatic nitrogens is 2. The average molecular weight is 409 g/mol. The van der Waals surface area contributed by atoms with E-state index in [-0.39, 0.29) is 12.5 Å². The summed E-state index contributed by atoms with van der Waals surface area (Å²) in [6.07, 6.45) is 0. The lowest BCUT2D eigenvalue weighted by molar-refractivity contribution is -0.137. The van der Waals surface area contributed by atoms with E-state index in [1.54, 1.807) is 24.1 Å². The molecule has 8 heteroatoms. The molecule has 2 aromatic carbocycles. The minimum atomic E-state index is -0.0783. The predicted octanol–water partition coefficient (Wildman–Crippen LogP) is 2.96. The van der Waals surface area contributed by atoms with E-state index in [9.17, 15) is 4.79 Å². The Kier molecular flexibility index (Phi) is 5.94. The first-order valence-electron chi connectivity index (χ1n) is 9.72. The quantitative estimate of drug-likeness (QED) is 0.619. The van der Waals surface area contributed by atoms with Crippen molar-refractivity contribution in [1.82, 2.24) is 15.0 Å². The molecule has 30 heavy (non-hydrogen) atoms. The van der Waals surface area contributed by atoms with Crippen molar-refractivity contribution < 1.29 is 23.5 Å². The Hall–Kier alpha value is -3.39. The lowest BCUT2D eigenvalue weighted by Crippen LogP contribution is -2.43. The molecule has 1 aliphatic rings. The van der Waals surface area contributed by atoms with Crippen LogP contribution in [0.5, 0.6) is 11.5 Å². The van der Waals surface area contributed by atoms with Crippen LogP contribution in [0, 0.1) is 6.92 Å². The van der Waals surface area contributed by atoms with Crippen LogP contribution in [0.15, 0.2) is 47.0 Å². The first-order chi connectivity index (χ1) is 14.7. The van der Waals surface area contributed by atoms with Gasteiger partial charge in [-0.2, -0.15) is 4.98 Å². The van der Waals surface area contributed by atoms with Gasteiger partial charge < -0.3 is 23.6 Å². The largest absolute Gasteiger partial charge is 0.493 e. The van der Waals surface area contributed by atoms with Gasteiger partial charge in [0.25, 0.3) is 11.8 Å². The highest BCUT2D eigenvalue weighted by atomic mass is 16.5. The second kappa shape index (κ2) is 8.96. The second-order valence-electron chi connectivity index (χ2n) is 6.89. The fraction of sp³-hybridized carbons (Fsp3) is 0.318. The van der Waals surface area contributed by atoms with E-state index in [1.165, 1.54) is 0 Å². The molecule has 0 spiro atoms. The number of ether oxygens (including phenoxy) is 3. The summed E-state index contributed by atoms with van der Waals surface area (Å²) in [4.78, 5) is 18.5. The number of hydrogen-bond donors (Lipinski definition) is 0. The first-order valence-corrected chi connectivity index (χ1v) is 9.72. The molecule has 0 bridgehead atoms. The second-order valence-corrected chi connectivity index (χ2v) is 6.89. The molecule has 2 heterocycles. The number of benzene rings is 2. The van der Waals surface area contributed by atoms with E-state index in [4.69, 9.17) is 18.7 Å². The third kappa shape index (κ3) is 4.28. The van der Waals surface area contributed by atoms with Crippen molar-refractivity contribution in [3.05, 3.63) is 48.0 Å². The van der Waals surface area contributed by atoms with Gasteiger partial charge in [-0.1, -0.05) is 23.4 Å². The molecule has 0 radical (unpaired) electrons. The van der Waals surface area contributed by atoms with Crippen LogP contribution >= 0.6 is 0 Å². The van der Waals surface area contributed by atoms with Crippen molar-refractivity contribution >= 4 is 5.91 Å². The fourth-order valence-corrected chi connectivity index (χ4v) is 3.23. The number of carbonyl (C=O) groups excluding carboxylic acids is 1. The van der Waals surface area contributed by atoms with E-state index >= 15 is 0 Å². The van der Waals surface area contributed by atoms with Crippen molar-refractivity contribution in [3.63, 3.8) is 0 Å². The van der Waals surface area contributed by atoms with E-state index in [2.05, 4.69) is 10.1 Å². The zero-order valence-electron chi connectivity index (χ0n) is 17.0. The summed E-state index contributed by atoms with van der Waals surface area (Å²) in [6.45, 7) is 4.21. The molecule has 1 saturated heterocycles. The normalized spacial score (nSPS) is 13.9. The van der Waals surface area contributed by atoms with Gasteiger partial charge in [0.1, 0.15) is 0 Å². The molecule has 1 aromatic heterocycles. The van der Waals surface area contributed by atoms with Crippen LogP contribution in [-0.2, 0) is 9.53 Å². The lowest BCUT2D eigenvalue weighted by Gasteiger charge is -2.26. The van der Waals surface area contributed by atoms with Gasteiger partial charge >= 0.3 is 0 Å². The highest BCUT2D eigenvalue weighted by molar-refractivity contribution is 5.78. The Morgan fingerprint density at radius 1 is 1.13 bits per heavy atom. The number of nitrogens with zero attached hydrogens (tertiary/aromatic N) is 3. The molecule has 0 unspecified atom stereocenters. The van der Waals surface area contributed by atoms with Crippen LogP contribution in [0.1, 0.15) is 5.56 Å². The SMILES string of the molecule is COc1cc(-c2noc(-c3ccccc3C)n2)ccc1OCC(=O)N1CCOCC1. The maximum Gasteiger partial charge on any atom is 0.260 e. The standard InChI is InChI=1S/C22H23N3O5/c1-15-5-3-4-6-17(15)22-23-21(24-30-22)16-7-8-18(19(13-16)27-2)29-14-20(26)25-9-11-28-12-10-25/h3-8,13H,9-12,14H2,1-2H3. The molecule has 156 valence electrons. The molecular formula is C22H23N3O5. The molecule has 0 N–H and O–H groups in total. The Morgan fingerprint density at radius 3 is 2.70 bits per heavy atom. The molecule has 0 saturated carbocycles. The highest BCUT2D eigenvalue weighted by Crippen LogP contribution is 2.32. The predicted molar refractivity (Wildman–Crippen MR) is 109 cm³/mol. The van der Waals surface area contributed by atoms with Gasteiger partial charge in [0, 0.05) is 24.2 Å². The molecule has 1 amide bonds. The Labute approximate surface area is 174 Å². The van der Waals surface area contributed by atoms with Crippen molar-refractivity contribution in [3.8, 4) is 34.3 Å². The van der Waals surface area contributed by atoms with Gasteiger partial charge in [0.2, 0.25) is 5.82 Å². The Morgan fingerprint density at radius 2 is 1.93 bits per heavy atom. The summed E-state index contributed by atoms with van der Waals surface area (Å²) >= 11 is 0. The van der Waals surface area contributed by atoms with Crippen LogP contribution in [0.4, 0.5) is 0 Å². The summed E-state index contributed by atoms with van der Waals surface area (Å²) in [5, 5.41) is 4.09. The molecule has 1 aliphatic heterocycles.